The zero-order valence-electron chi connectivity index (χ0n) is 12.3. The molecule has 0 aliphatic heterocycles. The van der Waals surface area contributed by atoms with Crippen LogP contribution in [0.2, 0.25) is 0 Å². The van der Waals surface area contributed by atoms with Crippen molar-refractivity contribution in [2.45, 2.75) is 11.8 Å². The minimum Gasteiger partial charge on any atom is -0.258 e. The molecule has 0 saturated heterocycles. The van der Waals surface area contributed by atoms with Crippen LogP contribution >= 0.6 is 0 Å². The zero-order chi connectivity index (χ0) is 15.6. The lowest BCUT2D eigenvalue weighted by Gasteiger charge is -2.41. The first-order valence-electron chi connectivity index (χ1n) is 7.72. The number of nitro benzene ring substituents is 1. The smallest absolute Gasteiger partial charge is 0.258 e. The van der Waals surface area contributed by atoms with E-state index in [2.05, 4.69) is 36.4 Å². The van der Waals surface area contributed by atoms with E-state index in [9.17, 15) is 10.1 Å². The molecular formula is C20H13NO2. The van der Waals surface area contributed by atoms with Crippen LogP contribution in [-0.2, 0) is 0 Å². The van der Waals surface area contributed by atoms with Gasteiger partial charge in [-0.3, -0.25) is 10.1 Å². The molecule has 0 spiro atoms. The minimum atomic E-state index is -0.245. The highest BCUT2D eigenvalue weighted by molar-refractivity contribution is 5.71. The van der Waals surface area contributed by atoms with E-state index in [0.29, 0.717) is 0 Å². The van der Waals surface area contributed by atoms with Crippen LogP contribution in [0.5, 0.6) is 0 Å². The summed E-state index contributed by atoms with van der Waals surface area (Å²) >= 11 is 0. The van der Waals surface area contributed by atoms with Crippen molar-refractivity contribution in [3.8, 4) is 0 Å². The number of nitrogens with zero attached hydrogens (tertiary/aromatic N) is 1. The SMILES string of the molecule is O=[N+]([O-])c1cccc2c1C1c3ccccc3C2c2ccccc21. The van der Waals surface area contributed by atoms with Gasteiger partial charge in [-0.2, -0.15) is 0 Å². The van der Waals surface area contributed by atoms with E-state index in [1.54, 1.807) is 6.07 Å². The molecule has 3 heteroatoms. The topological polar surface area (TPSA) is 43.1 Å². The monoisotopic (exact) mass is 299 g/mol. The lowest BCUT2D eigenvalue weighted by molar-refractivity contribution is -0.385. The van der Waals surface area contributed by atoms with Crippen LogP contribution in [0.3, 0.4) is 0 Å². The maximum absolute atomic E-state index is 11.6. The average Bonchev–Trinajstić information content (AvgIpc) is 2.60. The molecule has 0 N–H and O–H groups in total. The van der Waals surface area contributed by atoms with Crippen LogP contribution < -0.4 is 0 Å². The lowest BCUT2D eigenvalue weighted by Crippen LogP contribution is -2.28. The first-order valence-corrected chi connectivity index (χ1v) is 7.72. The highest BCUT2D eigenvalue weighted by atomic mass is 16.6. The predicted octanol–water partition coefficient (Wildman–Crippen LogP) is 4.58. The Morgan fingerprint density at radius 2 is 1.13 bits per heavy atom. The Kier molecular flexibility index (Phi) is 2.35. The summed E-state index contributed by atoms with van der Waals surface area (Å²) in [6, 6.07) is 22.2. The molecule has 6 rings (SSSR count). The van der Waals surface area contributed by atoms with Gasteiger partial charge in [-0.05, 0) is 27.8 Å². The Labute approximate surface area is 133 Å². The largest absolute Gasteiger partial charge is 0.273 e. The summed E-state index contributed by atoms with van der Waals surface area (Å²) in [6.07, 6.45) is 0. The van der Waals surface area contributed by atoms with Crippen LogP contribution in [-0.4, -0.2) is 4.92 Å². The molecule has 110 valence electrons. The summed E-state index contributed by atoms with van der Waals surface area (Å²) in [4.78, 5) is 11.3. The van der Waals surface area contributed by atoms with Crippen molar-refractivity contribution in [2.24, 2.45) is 0 Å². The molecule has 0 atom stereocenters. The summed E-state index contributed by atoms with van der Waals surface area (Å²) in [5.41, 5.74) is 7.17. The molecule has 0 fully saturated rings. The second-order valence-corrected chi connectivity index (χ2v) is 6.16. The third-order valence-electron chi connectivity index (χ3n) is 5.15. The van der Waals surface area contributed by atoms with E-state index >= 15 is 0 Å². The number of hydrogen-bond acceptors (Lipinski definition) is 2. The van der Waals surface area contributed by atoms with Gasteiger partial charge in [0.2, 0.25) is 0 Å². The molecule has 0 unspecified atom stereocenters. The van der Waals surface area contributed by atoms with E-state index in [0.717, 1.165) is 11.1 Å². The number of hydrogen-bond donors (Lipinski definition) is 0. The van der Waals surface area contributed by atoms with E-state index in [1.807, 2.05) is 24.3 Å². The van der Waals surface area contributed by atoms with E-state index < -0.39 is 0 Å². The van der Waals surface area contributed by atoms with Gasteiger partial charge in [0.1, 0.15) is 0 Å². The third-order valence-corrected chi connectivity index (χ3v) is 5.15. The van der Waals surface area contributed by atoms with E-state index in [4.69, 9.17) is 0 Å². The fourth-order valence-corrected chi connectivity index (χ4v) is 4.35. The Morgan fingerprint density at radius 1 is 0.652 bits per heavy atom. The molecule has 3 aromatic rings. The number of nitro groups is 1. The van der Waals surface area contributed by atoms with Crippen molar-refractivity contribution in [3.05, 3.63) is 110 Å². The van der Waals surface area contributed by atoms with Crippen molar-refractivity contribution < 1.29 is 4.92 Å². The fraction of sp³-hybridized carbons (Fsp3) is 0.100. The molecule has 2 bridgehead atoms. The maximum atomic E-state index is 11.6. The molecule has 0 heterocycles. The van der Waals surface area contributed by atoms with Crippen molar-refractivity contribution in [1.29, 1.82) is 0 Å². The van der Waals surface area contributed by atoms with Gasteiger partial charge >= 0.3 is 0 Å². The quantitative estimate of drug-likeness (QED) is 0.336. The average molecular weight is 299 g/mol. The molecule has 23 heavy (non-hydrogen) atoms. The van der Waals surface area contributed by atoms with Gasteiger partial charge in [0, 0.05) is 23.5 Å². The molecule has 0 amide bonds. The lowest BCUT2D eigenvalue weighted by atomic mass is 9.61. The van der Waals surface area contributed by atoms with Gasteiger partial charge in [-0.15, -0.1) is 0 Å². The highest BCUT2D eigenvalue weighted by Gasteiger charge is 2.44. The van der Waals surface area contributed by atoms with E-state index in [-0.39, 0.29) is 22.4 Å². The van der Waals surface area contributed by atoms with Gasteiger partial charge < -0.3 is 0 Å². The minimum absolute atomic E-state index is 0.0380. The van der Waals surface area contributed by atoms with Crippen LogP contribution in [0.25, 0.3) is 0 Å². The molecule has 0 aromatic heterocycles. The Balaban J connectivity index is 1.93. The molecular weight excluding hydrogens is 286 g/mol. The predicted molar refractivity (Wildman–Crippen MR) is 87.9 cm³/mol. The molecule has 3 nitrogen and oxygen atoms in total. The van der Waals surface area contributed by atoms with Gasteiger partial charge in [-0.1, -0.05) is 60.7 Å². The van der Waals surface area contributed by atoms with Gasteiger partial charge in [0.05, 0.1) is 4.92 Å². The normalized spacial score (nSPS) is 19.7. The summed E-state index contributed by atoms with van der Waals surface area (Å²) in [6.45, 7) is 0. The van der Waals surface area contributed by atoms with Crippen LogP contribution in [0.1, 0.15) is 45.2 Å². The summed E-state index contributed by atoms with van der Waals surface area (Å²) in [7, 11) is 0. The molecule has 3 aliphatic carbocycles. The standard InChI is InChI=1S/C20H13NO2/c22-21(23)17-11-5-10-16-18-12-6-1-3-8-14(12)19(20(16)17)15-9-4-2-7-13(15)18/h1-11,18-19H. The first kappa shape index (κ1) is 12.6. The number of rotatable bonds is 1. The van der Waals surface area contributed by atoms with Crippen LogP contribution in [0, 0.1) is 10.1 Å². The molecule has 3 aromatic carbocycles. The summed E-state index contributed by atoms with van der Waals surface area (Å²) < 4.78 is 0. The fourth-order valence-electron chi connectivity index (χ4n) is 4.35. The second kappa shape index (κ2) is 4.29. The second-order valence-electron chi connectivity index (χ2n) is 6.16. The number of benzene rings is 3. The summed E-state index contributed by atoms with van der Waals surface area (Å²) in [5, 5.41) is 11.6. The zero-order valence-corrected chi connectivity index (χ0v) is 12.3. The third kappa shape index (κ3) is 1.49. The van der Waals surface area contributed by atoms with E-state index in [1.165, 1.54) is 22.3 Å². The van der Waals surface area contributed by atoms with Gasteiger partial charge in [0.25, 0.3) is 5.69 Å². The molecule has 0 saturated carbocycles. The highest BCUT2D eigenvalue weighted by Crippen LogP contribution is 2.57. The van der Waals surface area contributed by atoms with Crippen molar-refractivity contribution in [2.75, 3.05) is 0 Å². The van der Waals surface area contributed by atoms with Crippen LogP contribution in [0.15, 0.2) is 66.7 Å². The molecule has 3 aliphatic rings. The van der Waals surface area contributed by atoms with Crippen molar-refractivity contribution >= 4 is 5.69 Å². The van der Waals surface area contributed by atoms with Crippen LogP contribution in [0.4, 0.5) is 5.69 Å². The van der Waals surface area contributed by atoms with Gasteiger partial charge in [0.15, 0.2) is 0 Å². The summed E-state index contributed by atoms with van der Waals surface area (Å²) in [5.74, 6) is 0.0614. The first-order chi connectivity index (χ1) is 11.3. The van der Waals surface area contributed by atoms with Gasteiger partial charge in [-0.25, -0.2) is 0 Å². The Morgan fingerprint density at radius 3 is 1.65 bits per heavy atom. The Bertz CT molecular complexity index is 929. The molecule has 0 radical (unpaired) electrons. The van der Waals surface area contributed by atoms with Crippen molar-refractivity contribution in [3.63, 3.8) is 0 Å². The van der Waals surface area contributed by atoms with Crippen molar-refractivity contribution in [1.82, 2.24) is 0 Å². The Hall–Kier alpha value is -2.94. The maximum Gasteiger partial charge on any atom is 0.273 e.